The minimum Gasteiger partial charge on any atom is -0.382 e. The van der Waals surface area contributed by atoms with E-state index in [4.69, 9.17) is 14.6 Å². The molecule has 10 heteroatoms. The van der Waals surface area contributed by atoms with Crippen molar-refractivity contribution in [2.45, 2.75) is 24.8 Å². The number of hydrogen-bond acceptors (Lipinski definition) is 7. The van der Waals surface area contributed by atoms with Crippen molar-refractivity contribution in [3.63, 3.8) is 0 Å². The molecule has 0 saturated carbocycles. The Balaban J connectivity index is 1.25. The lowest BCUT2D eigenvalue weighted by molar-refractivity contribution is 0.00198. The molecule has 0 atom stereocenters. The van der Waals surface area contributed by atoms with Crippen LogP contribution in [0, 0.1) is 5.82 Å². The molecule has 0 radical (unpaired) electrons. The molecule has 1 aliphatic heterocycles. The first-order valence-electron chi connectivity index (χ1n) is 12.8. The number of pyridine rings is 1. The van der Waals surface area contributed by atoms with Crippen molar-refractivity contribution in [2.24, 2.45) is 0 Å². The van der Waals surface area contributed by atoms with Crippen molar-refractivity contribution in [3.8, 4) is 11.3 Å². The molecule has 0 spiro atoms. The van der Waals surface area contributed by atoms with Gasteiger partial charge in [0.2, 0.25) is 0 Å². The second kappa shape index (κ2) is 10.5. The lowest BCUT2D eigenvalue weighted by Gasteiger charge is -2.37. The first kappa shape index (κ1) is 25.0. The lowest BCUT2D eigenvalue weighted by Crippen LogP contribution is -2.55. The van der Waals surface area contributed by atoms with Crippen LogP contribution in [0.2, 0.25) is 0 Å². The molecule has 0 aliphatic carbocycles. The van der Waals surface area contributed by atoms with Crippen molar-refractivity contribution in [3.05, 3.63) is 89.8 Å². The Morgan fingerprint density at radius 2 is 1.95 bits per heavy atom. The molecule has 1 saturated heterocycles. The number of nitrogens with one attached hydrogen (secondary N) is 1. The Kier molecular flexibility index (Phi) is 6.72. The van der Waals surface area contributed by atoms with Crippen molar-refractivity contribution >= 4 is 22.6 Å². The Morgan fingerprint density at radius 3 is 2.77 bits per heavy atom. The summed E-state index contributed by atoms with van der Waals surface area (Å²) in [6.07, 6.45) is 6.86. The normalized spacial score (nSPS) is 15.0. The van der Waals surface area contributed by atoms with Gasteiger partial charge in [0.15, 0.2) is 0 Å². The first-order valence-corrected chi connectivity index (χ1v) is 12.8. The molecular formula is C29H27FN6O3. The first-order chi connectivity index (χ1) is 19.0. The van der Waals surface area contributed by atoms with Gasteiger partial charge in [0.05, 0.1) is 41.3 Å². The average Bonchev–Trinajstić information content (AvgIpc) is 3.35. The molecule has 4 heterocycles. The Bertz CT molecular complexity index is 1660. The van der Waals surface area contributed by atoms with Crippen molar-refractivity contribution in [1.29, 1.82) is 0 Å². The summed E-state index contributed by atoms with van der Waals surface area (Å²) in [5, 5.41) is 8.73. The van der Waals surface area contributed by atoms with E-state index in [1.165, 1.54) is 12.1 Å². The van der Waals surface area contributed by atoms with E-state index in [1.54, 1.807) is 36.3 Å². The van der Waals surface area contributed by atoms with Gasteiger partial charge in [-0.3, -0.25) is 9.78 Å². The van der Waals surface area contributed by atoms with Gasteiger partial charge >= 0.3 is 0 Å². The van der Waals surface area contributed by atoms with E-state index < -0.39 is 17.3 Å². The van der Waals surface area contributed by atoms with Crippen LogP contribution < -0.4 is 5.32 Å². The standard InChI is InChI=1S/C29H27FN6O3/c1-38-18-29(8-11-39-12-9-29)34-27(37)23-6-5-21(15-24(23)30)26-17-33-28-32-16-22(36(28)35-26)14-19-4-7-25-20(13-19)3-2-10-31-25/h2-7,10,13,15-17H,8-9,11-12,14,18H2,1H3,(H,34,37). The summed E-state index contributed by atoms with van der Waals surface area (Å²) in [6.45, 7) is 1.36. The molecule has 198 valence electrons. The van der Waals surface area contributed by atoms with Crippen LogP contribution in [0.5, 0.6) is 0 Å². The summed E-state index contributed by atoms with van der Waals surface area (Å²) in [4.78, 5) is 26.2. The van der Waals surface area contributed by atoms with E-state index in [0.717, 1.165) is 22.2 Å². The molecule has 1 amide bonds. The van der Waals surface area contributed by atoms with Crippen LogP contribution >= 0.6 is 0 Å². The highest BCUT2D eigenvalue weighted by Gasteiger charge is 2.35. The number of benzene rings is 2. The topological polar surface area (TPSA) is 104 Å². The summed E-state index contributed by atoms with van der Waals surface area (Å²) in [5.41, 5.74) is 3.22. The van der Waals surface area contributed by atoms with Crippen LogP contribution in [-0.2, 0) is 15.9 Å². The van der Waals surface area contributed by atoms with Gasteiger partial charge in [-0.25, -0.2) is 18.9 Å². The van der Waals surface area contributed by atoms with Crippen LogP contribution in [0.25, 0.3) is 27.9 Å². The Hall–Kier alpha value is -4.28. The second-order valence-corrected chi connectivity index (χ2v) is 9.79. The Labute approximate surface area is 224 Å². The van der Waals surface area contributed by atoms with Crippen LogP contribution in [0.4, 0.5) is 4.39 Å². The molecule has 0 bridgehead atoms. The molecule has 9 nitrogen and oxygen atoms in total. The third-order valence-corrected chi connectivity index (χ3v) is 7.11. The number of aromatic nitrogens is 5. The Morgan fingerprint density at radius 1 is 1.10 bits per heavy atom. The van der Waals surface area contributed by atoms with Gasteiger partial charge in [0, 0.05) is 43.9 Å². The predicted molar refractivity (Wildman–Crippen MR) is 143 cm³/mol. The number of imidazole rings is 1. The summed E-state index contributed by atoms with van der Waals surface area (Å²) in [7, 11) is 1.58. The largest absolute Gasteiger partial charge is 0.382 e. The number of methoxy groups -OCH3 is 1. The van der Waals surface area contributed by atoms with Crippen molar-refractivity contribution in [2.75, 3.05) is 26.9 Å². The maximum absolute atomic E-state index is 15.2. The van der Waals surface area contributed by atoms with Gasteiger partial charge in [-0.2, -0.15) is 5.10 Å². The van der Waals surface area contributed by atoms with E-state index in [-0.39, 0.29) is 5.56 Å². The zero-order valence-electron chi connectivity index (χ0n) is 21.4. The van der Waals surface area contributed by atoms with E-state index in [1.807, 2.05) is 24.3 Å². The molecule has 5 aromatic rings. The number of carbonyl (C=O) groups is 1. The molecule has 3 aromatic heterocycles. The van der Waals surface area contributed by atoms with E-state index in [9.17, 15) is 4.79 Å². The number of fused-ring (bicyclic) bond motifs is 2. The van der Waals surface area contributed by atoms with Gasteiger partial charge in [0.25, 0.3) is 11.7 Å². The van der Waals surface area contributed by atoms with Gasteiger partial charge in [0.1, 0.15) is 11.5 Å². The number of amides is 1. The fourth-order valence-corrected chi connectivity index (χ4v) is 5.03. The van der Waals surface area contributed by atoms with Crippen LogP contribution in [-0.4, -0.2) is 62.9 Å². The van der Waals surface area contributed by atoms with E-state index in [0.29, 0.717) is 56.1 Å². The second-order valence-electron chi connectivity index (χ2n) is 9.79. The number of halogens is 1. The highest BCUT2D eigenvalue weighted by molar-refractivity contribution is 5.95. The smallest absolute Gasteiger partial charge is 0.254 e. The lowest BCUT2D eigenvalue weighted by atomic mass is 9.90. The minimum atomic E-state index is -0.637. The molecule has 1 aliphatic rings. The molecule has 6 rings (SSSR count). The zero-order chi connectivity index (χ0) is 26.8. The predicted octanol–water partition coefficient (Wildman–Crippen LogP) is 3.99. The van der Waals surface area contributed by atoms with Crippen molar-refractivity contribution in [1.82, 2.24) is 29.9 Å². The maximum atomic E-state index is 15.2. The maximum Gasteiger partial charge on any atom is 0.254 e. The summed E-state index contributed by atoms with van der Waals surface area (Å²) >= 11 is 0. The third-order valence-electron chi connectivity index (χ3n) is 7.11. The quantitative estimate of drug-likeness (QED) is 0.342. The SMILES string of the molecule is COCC1(NC(=O)c2ccc(-c3cnc4ncc(Cc5ccc6ncccc6c5)n4n3)cc2F)CCOCC1. The van der Waals surface area contributed by atoms with Gasteiger partial charge in [-0.15, -0.1) is 0 Å². The number of hydrogen-bond donors (Lipinski definition) is 1. The van der Waals surface area contributed by atoms with Gasteiger partial charge in [-0.05, 0) is 48.7 Å². The van der Waals surface area contributed by atoms with Crippen LogP contribution in [0.1, 0.15) is 34.5 Å². The van der Waals surface area contributed by atoms with Crippen LogP contribution in [0.3, 0.4) is 0 Å². The van der Waals surface area contributed by atoms with Crippen molar-refractivity contribution < 1.29 is 18.7 Å². The number of nitrogens with zero attached hydrogens (tertiary/aromatic N) is 5. The monoisotopic (exact) mass is 526 g/mol. The van der Waals surface area contributed by atoms with Gasteiger partial charge < -0.3 is 14.8 Å². The molecule has 2 aromatic carbocycles. The summed E-state index contributed by atoms with van der Waals surface area (Å²) < 4.78 is 27.6. The minimum absolute atomic E-state index is 0.0381. The molecule has 0 unspecified atom stereocenters. The number of ether oxygens (including phenoxy) is 2. The third kappa shape index (κ3) is 5.08. The zero-order valence-corrected chi connectivity index (χ0v) is 21.4. The molecule has 1 fully saturated rings. The van der Waals surface area contributed by atoms with E-state index in [2.05, 4.69) is 26.3 Å². The van der Waals surface area contributed by atoms with Gasteiger partial charge in [-0.1, -0.05) is 18.2 Å². The summed E-state index contributed by atoms with van der Waals surface area (Å²) in [6, 6.07) is 14.5. The molecular weight excluding hydrogens is 499 g/mol. The highest BCUT2D eigenvalue weighted by Crippen LogP contribution is 2.25. The molecule has 39 heavy (non-hydrogen) atoms. The highest BCUT2D eigenvalue weighted by atomic mass is 19.1. The molecule has 1 N–H and O–H groups in total. The number of carbonyl (C=O) groups excluding carboxylic acids is 1. The fraction of sp³-hybridized carbons (Fsp3) is 0.276. The fourth-order valence-electron chi connectivity index (χ4n) is 5.03. The van der Waals surface area contributed by atoms with Crippen LogP contribution in [0.15, 0.2) is 67.1 Å². The number of rotatable bonds is 7. The summed E-state index contributed by atoms with van der Waals surface area (Å²) in [5.74, 6) is -0.670. The van der Waals surface area contributed by atoms with E-state index >= 15 is 4.39 Å². The average molecular weight is 527 g/mol.